The summed E-state index contributed by atoms with van der Waals surface area (Å²) >= 11 is 0. The fraction of sp³-hybridized carbons (Fsp3) is 0.900. The molecule has 0 heteroatoms. The van der Waals surface area contributed by atoms with Gasteiger partial charge in [-0.2, -0.15) is 0 Å². The van der Waals surface area contributed by atoms with E-state index in [9.17, 15) is 0 Å². The van der Waals surface area contributed by atoms with Gasteiger partial charge in [-0.3, -0.25) is 0 Å². The van der Waals surface area contributed by atoms with Crippen LogP contribution in [-0.4, -0.2) is 0 Å². The normalized spacial score (nSPS) is 20.1. The minimum Gasteiger partial charge on any atom is -0.0654 e. The van der Waals surface area contributed by atoms with Crippen LogP contribution in [0.25, 0.3) is 0 Å². The molecule has 0 atom stereocenters. The molecule has 1 fully saturated rings. The first kappa shape index (κ1) is 8.10. The van der Waals surface area contributed by atoms with Crippen LogP contribution < -0.4 is 0 Å². The Kier molecular flexibility index (Phi) is 3.86. The lowest BCUT2D eigenvalue weighted by Crippen LogP contribution is -1.93. The summed E-state index contributed by atoms with van der Waals surface area (Å²) in [5.74, 6) is 0.992. The van der Waals surface area contributed by atoms with Crippen LogP contribution >= 0.6 is 0 Å². The molecule has 0 aliphatic heterocycles. The Hall–Kier alpha value is 0. The van der Waals surface area contributed by atoms with Gasteiger partial charge < -0.3 is 0 Å². The summed E-state index contributed by atoms with van der Waals surface area (Å²) in [7, 11) is 0. The lowest BCUT2D eigenvalue weighted by Gasteiger charge is -2.05. The molecule has 0 heterocycles. The SMILES string of the molecule is CCCC[CH]C1CCCC1. The second-order valence-corrected chi connectivity index (χ2v) is 3.42. The van der Waals surface area contributed by atoms with E-state index in [4.69, 9.17) is 0 Å². The molecule has 59 valence electrons. The van der Waals surface area contributed by atoms with Crippen molar-refractivity contribution in [3.8, 4) is 0 Å². The first-order chi connectivity index (χ1) is 4.93. The maximum Gasteiger partial charge on any atom is -0.0355 e. The molecule has 0 aromatic carbocycles. The predicted molar refractivity (Wildman–Crippen MR) is 45.8 cm³/mol. The molecule has 1 aliphatic rings. The molecular formula is C10H19. The Bertz CT molecular complexity index is 70.1. The average Bonchev–Trinajstić information content (AvgIpc) is 2.41. The van der Waals surface area contributed by atoms with Gasteiger partial charge in [0.25, 0.3) is 0 Å². The highest BCUT2D eigenvalue weighted by atomic mass is 14.2. The minimum atomic E-state index is 0.992. The highest BCUT2D eigenvalue weighted by molar-refractivity contribution is 4.80. The third kappa shape index (κ3) is 2.72. The van der Waals surface area contributed by atoms with Crippen molar-refractivity contribution in [3.63, 3.8) is 0 Å². The Balaban J connectivity index is 1.91. The zero-order chi connectivity index (χ0) is 7.23. The van der Waals surface area contributed by atoms with E-state index < -0.39 is 0 Å². The van der Waals surface area contributed by atoms with Gasteiger partial charge in [-0.1, -0.05) is 45.4 Å². The molecule has 0 bridgehead atoms. The van der Waals surface area contributed by atoms with Crippen molar-refractivity contribution in [1.82, 2.24) is 0 Å². The molecule has 0 aromatic heterocycles. The van der Waals surface area contributed by atoms with Crippen LogP contribution in [-0.2, 0) is 0 Å². The molecule has 0 saturated heterocycles. The quantitative estimate of drug-likeness (QED) is 0.522. The van der Waals surface area contributed by atoms with Crippen LogP contribution in [0.3, 0.4) is 0 Å². The first-order valence-electron chi connectivity index (χ1n) is 4.77. The second-order valence-electron chi connectivity index (χ2n) is 3.42. The second kappa shape index (κ2) is 4.76. The molecule has 0 N–H and O–H groups in total. The van der Waals surface area contributed by atoms with Crippen molar-refractivity contribution in [2.24, 2.45) is 5.92 Å². The smallest absolute Gasteiger partial charge is 0.0355 e. The van der Waals surface area contributed by atoms with Gasteiger partial charge in [-0.15, -0.1) is 0 Å². The van der Waals surface area contributed by atoms with E-state index in [-0.39, 0.29) is 0 Å². The zero-order valence-corrected chi connectivity index (χ0v) is 7.10. The summed E-state index contributed by atoms with van der Waals surface area (Å²) in [5.41, 5.74) is 0. The number of unbranched alkanes of at least 4 members (excludes halogenated alkanes) is 2. The van der Waals surface area contributed by atoms with Gasteiger partial charge in [0, 0.05) is 0 Å². The Morgan fingerprint density at radius 1 is 1.30 bits per heavy atom. The Labute approximate surface area is 65.0 Å². The highest BCUT2D eigenvalue weighted by Gasteiger charge is 2.13. The molecule has 10 heavy (non-hydrogen) atoms. The van der Waals surface area contributed by atoms with Gasteiger partial charge in [0.2, 0.25) is 0 Å². The van der Waals surface area contributed by atoms with Crippen molar-refractivity contribution in [2.75, 3.05) is 0 Å². The van der Waals surface area contributed by atoms with Gasteiger partial charge in [0.05, 0.1) is 0 Å². The topological polar surface area (TPSA) is 0 Å². The van der Waals surface area contributed by atoms with Crippen LogP contribution in [0.1, 0.15) is 51.9 Å². The van der Waals surface area contributed by atoms with Gasteiger partial charge in [0.15, 0.2) is 0 Å². The van der Waals surface area contributed by atoms with Gasteiger partial charge in [0.1, 0.15) is 0 Å². The van der Waals surface area contributed by atoms with E-state index in [0.717, 1.165) is 5.92 Å². The average molecular weight is 139 g/mol. The van der Waals surface area contributed by atoms with Crippen LogP contribution in [0.4, 0.5) is 0 Å². The molecule has 0 unspecified atom stereocenters. The first-order valence-corrected chi connectivity index (χ1v) is 4.77. The van der Waals surface area contributed by atoms with Crippen molar-refractivity contribution < 1.29 is 0 Å². The Morgan fingerprint density at radius 3 is 2.60 bits per heavy atom. The zero-order valence-electron chi connectivity index (χ0n) is 7.10. The molecule has 1 saturated carbocycles. The lowest BCUT2D eigenvalue weighted by molar-refractivity contribution is 0.587. The van der Waals surface area contributed by atoms with Crippen molar-refractivity contribution in [3.05, 3.63) is 6.42 Å². The monoisotopic (exact) mass is 139 g/mol. The van der Waals surface area contributed by atoms with Gasteiger partial charge in [-0.05, 0) is 18.8 Å². The van der Waals surface area contributed by atoms with Crippen molar-refractivity contribution in [2.45, 2.75) is 51.9 Å². The van der Waals surface area contributed by atoms with Gasteiger partial charge >= 0.3 is 0 Å². The van der Waals surface area contributed by atoms with E-state index >= 15 is 0 Å². The predicted octanol–water partition coefficient (Wildman–Crippen LogP) is 3.57. The van der Waals surface area contributed by atoms with Crippen LogP contribution in [0.15, 0.2) is 0 Å². The van der Waals surface area contributed by atoms with Crippen LogP contribution in [0.5, 0.6) is 0 Å². The molecular weight excluding hydrogens is 120 g/mol. The summed E-state index contributed by atoms with van der Waals surface area (Å²) in [4.78, 5) is 0. The summed E-state index contributed by atoms with van der Waals surface area (Å²) in [6.07, 6.45) is 12.6. The van der Waals surface area contributed by atoms with Crippen molar-refractivity contribution in [1.29, 1.82) is 0 Å². The number of hydrogen-bond donors (Lipinski definition) is 0. The maximum absolute atomic E-state index is 2.55. The summed E-state index contributed by atoms with van der Waals surface area (Å²) in [6.45, 7) is 2.27. The standard InChI is InChI=1S/C10H19/c1-2-3-4-7-10-8-5-6-9-10/h7,10H,2-6,8-9H2,1H3. The lowest BCUT2D eigenvalue weighted by atomic mass is 10.0. The van der Waals surface area contributed by atoms with E-state index in [2.05, 4.69) is 13.3 Å². The molecule has 1 radical (unpaired) electrons. The van der Waals surface area contributed by atoms with Crippen LogP contribution in [0, 0.1) is 12.3 Å². The molecule has 0 nitrogen and oxygen atoms in total. The van der Waals surface area contributed by atoms with E-state index in [1.54, 1.807) is 0 Å². The fourth-order valence-electron chi connectivity index (χ4n) is 1.75. The summed E-state index contributed by atoms with van der Waals surface area (Å²) < 4.78 is 0. The summed E-state index contributed by atoms with van der Waals surface area (Å²) in [6, 6.07) is 0. The fourth-order valence-corrected chi connectivity index (χ4v) is 1.75. The summed E-state index contributed by atoms with van der Waals surface area (Å²) in [5, 5.41) is 0. The van der Waals surface area contributed by atoms with E-state index in [0.29, 0.717) is 0 Å². The van der Waals surface area contributed by atoms with E-state index in [1.807, 2.05) is 0 Å². The maximum atomic E-state index is 2.55. The van der Waals surface area contributed by atoms with E-state index in [1.165, 1.54) is 44.9 Å². The minimum absolute atomic E-state index is 0.992. The molecule has 1 aliphatic carbocycles. The molecule has 0 amide bonds. The molecule has 1 rings (SSSR count). The highest BCUT2D eigenvalue weighted by Crippen LogP contribution is 2.28. The van der Waals surface area contributed by atoms with Crippen molar-refractivity contribution >= 4 is 0 Å². The third-order valence-electron chi connectivity index (χ3n) is 2.46. The largest absolute Gasteiger partial charge is 0.0654 e. The molecule has 0 spiro atoms. The molecule has 0 aromatic rings. The number of hydrogen-bond acceptors (Lipinski definition) is 0. The Morgan fingerprint density at radius 2 is 2.00 bits per heavy atom. The van der Waals surface area contributed by atoms with Crippen LogP contribution in [0.2, 0.25) is 0 Å². The third-order valence-corrected chi connectivity index (χ3v) is 2.46. The van der Waals surface area contributed by atoms with Gasteiger partial charge in [-0.25, -0.2) is 0 Å². The number of rotatable bonds is 4.